The maximum absolute atomic E-state index is 11.9. The fraction of sp³-hybridized carbons (Fsp3) is 0.346. The number of primary amides is 1. The molecule has 0 spiro atoms. The fourth-order valence-electron chi connectivity index (χ4n) is 3.42. The maximum Gasteiger partial charge on any atom is 0.266 e. The van der Waals surface area contributed by atoms with E-state index >= 15 is 0 Å². The molecule has 0 fully saturated rings. The van der Waals surface area contributed by atoms with Crippen molar-refractivity contribution in [1.82, 2.24) is 4.90 Å². The molecule has 5 N–H and O–H groups in total. The number of aldehydes is 1. The lowest BCUT2D eigenvalue weighted by molar-refractivity contribution is -0.112. The van der Waals surface area contributed by atoms with E-state index in [0.717, 1.165) is 30.9 Å². The van der Waals surface area contributed by atoms with Gasteiger partial charge in [0.05, 0.1) is 12.8 Å². The highest BCUT2D eigenvalue weighted by atomic mass is 16.5. The Hall–Kier alpha value is -3.85. The molecule has 2 aromatic rings. The summed E-state index contributed by atoms with van der Waals surface area (Å²) in [4.78, 5) is 27.8. The lowest BCUT2D eigenvalue weighted by Gasteiger charge is -2.21. The molecule has 0 bridgehead atoms. The Kier molecular flexibility index (Phi) is 10.8. The lowest BCUT2D eigenvalue weighted by atomic mass is 10.0. The number of nitrogens with one attached hydrogen (secondary N) is 3. The molecule has 35 heavy (non-hydrogen) atoms. The van der Waals surface area contributed by atoms with Crippen LogP contribution in [0.2, 0.25) is 0 Å². The van der Waals surface area contributed by atoms with Crippen LogP contribution in [0.1, 0.15) is 12.8 Å². The molecule has 188 valence electrons. The Morgan fingerprint density at radius 1 is 1.03 bits per heavy atom. The third-order valence-electron chi connectivity index (χ3n) is 5.48. The van der Waals surface area contributed by atoms with Crippen LogP contribution in [0.15, 0.2) is 59.8 Å². The second kappa shape index (κ2) is 13.8. The maximum atomic E-state index is 11.9. The van der Waals surface area contributed by atoms with Crippen LogP contribution >= 0.6 is 0 Å². The summed E-state index contributed by atoms with van der Waals surface area (Å²) in [6.07, 6.45) is 1.94. The molecule has 2 aromatic carbocycles. The topological polar surface area (TPSA) is 124 Å². The first kappa shape index (κ1) is 27.4. The number of amides is 1. The van der Waals surface area contributed by atoms with Gasteiger partial charge in [0, 0.05) is 42.8 Å². The van der Waals surface area contributed by atoms with Gasteiger partial charge in [-0.15, -0.1) is 0 Å². The van der Waals surface area contributed by atoms with E-state index in [0.29, 0.717) is 24.3 Å². The summed E-state index contributed by atoms with van der Waals surface area (Å²) in [6, 6.07) is 15.0. The summed E-state index contributed by atoms with van der Waals surface area (Å²) in [7, 11) is 7.60. The molecule has 2 rings (SSSR count). The van der Waals surface area contributed by atoms with Crippen LogP contribution in [-0.2, 0) is 9.59 Å². The van der Waals surface area contributed by atoms with Crippen molar-refractivity contribution in [2.24, 2.45) is 5.73 Å². The summed E-state index contributed by atoms with van der Waals surface area (Å²) in [5, 5.41) is 14.6. The Morgan fingerprint density at radius 3 is 2.20 bits per heavy atom. The van der Waals surface area contributed by atoms with E-state index < -0.39 is 11.6 Å². The number of methoxy groups -OCH3 is 1. The van der Waals surface area contributed by atoms with Crippen molar-refractivity contribution in [3.8, 4) is 5.75 Å². The van der Waals surface area contributed by atoms with Crippen molar-refractivity contribution in [2.75, 3.05) is 63.4 Å². The number of carbonyl (C=O) groups excluding carboxylic acids is 2. The summed E-state index contributed by atoms with van der Waals surface area (Å²) >= 11 is 0. The quantitative estimate of drug-likeness (QED) is 0.134. The van der Waals surface area contributed by atoms with Gasteiger partial charge in [-0.25, -0.2) is 0 Å². The number of rotatable bonds is 15. The number of nitrogens with two attached hydrogens (primary N) is 1. The lowest BCUT2D eigenvalue weighted by Crippen LogP contribution is -2.29. The number of ether oxygens (including phenoxy) is 1. The highest BCUT2D eigenvalue weighted by Gasteiger charge is 2.18. The molecule has 1 amide bonds. The predicted molar refractivity (Wildman–Crippen MR) is 143 cm³/mol. The van der Waals surface area contributed by atoms with Gasteiger partial charge in [-0.1, -0.05) is 0 Å². The predicted octanol–water partition coefficient (Wildman–Crippen LogP) is 2.96. The summed E-state index contributed by atoms with van der Waals surface area (Å²) in [5.41, 5.74) is 8.03. The number of anilines is 3. The molecule has 0 heterocycles. The van der Waals surface area contributed by atoms with Crippen LogP contribution in [0.5, 0.6) is 5.75 Å². The van der Waals surface area contributed by atoms with Crippen molar-refractivity contribution < 1.29 is 14.3 Å². The van der Waals surface area contributed by atoms with Crippen LogP contribution in [-0.4, -0.2) is 70.7 Å². The van der Waals surface area contributed by atoms with Gasteiger partial charge in [-0.3, -0.25) is 15.0 Å². The standard InChI is InChI=1S/C26H36N6O3/c1-31(2)16-5-15-29-19-6-10-21(11-7-19)32(3)17-14-23(25(27)26(28)34)24(18-33)30-20-8-12-22(35-4)13-9-20/h6-13,18,27,29-30H,5,14-17H2,1-4H3,(H2,28,34)/b24-23-,27-25?. The number of allylic oxidation sites excluding steroid dienone is 1. The van der Waals surface area contributed by atoms with Crippen LogP contribution in [0.4, 0.5) is 17.1 Å². The minimum Gasteiger partial charge on any atom is -0.497 e. The first-order valence-corrected chi connectivity index (χ1v) is 11.4. The summed E-state index contributed by atoms with van der Waals surface area (Å²) in [6.45, 7) is 2.40. The Labute approximate surface area is 207 Å². The fourth-order valence-corrected chi connectivity index (χ4v) is 3.42. The summed E-state index contributed by atoms with van der Waals surface area (Å²) in [5.74, 6) is -0.211. The van der Waals surface area contributed by atoms with E-state index in [-0.39, 0.29) is 17.7 Å². The van der Waals surface area contributed by atoms with Gasteiger partial charge in [0.1, 0.15) is 11.5 Å². The smallest absolute Gasteiger partial charge is 0.266 e. The Morgan fingerprint density at radius 2 is 1.66 bits per heavy atom. The van der Waals surface area contributed by atoms with Crippen LogP contribution in [0.3, 0.4) is 0 Å². The average Bonchev–Trinajstić information content (AvgIpc) is 2.86. The molecule has 0 aliphatic carbocycles. The molecular formula is C26H36N6O3. The molecule has 0 saturated heterocycles. The molecule has 0 radical (unpaired) electrons. The van der Waals surface area contributed by atoms with Gasteiger partial charge >= 0.3 is 0 Å². The SMILES string of the molecule is COc1ccc(N/C(C=O)=C(/CCN(C)c2ccc(NCCCN(C)C)cc2)C(=N)C(N)=O)cc1. The largest absolute Gasteiger partial charge is 0.497 e. The molecule has 0 aliphatic heterocycles. The molecule has 0 unspecified atom stereocenters. The zero-order chi connectivity index (χ0) is 25.8. The second-order valence-electron chi connectivity index (χ2n) is 8.40. The van der Waals surface area contributed by atoms with Crippen molar-refractivity contribution in [2.45, 2.75) is 12.8 Å². The number of nitrogens with zero attached hydrogens (tertiary/aromatic N) is 2. The van der Waals surface area contributed by atoms with Crippen molar-refractivity contribution in [1.29, 1.82) is 5.41 Å². The average molecular weight is 481 g/mol. The van der Waals surface area contributed by atoms with Gasteiger partial charge in [-0.05, 0) is 82.0 Å². The minimum absolute atomic E-state index is 0.129. The molecule has 0 atom stereocenters. The first-order valence-electron chi connectivity index (χ1n) is 11.4. The Balaban J connectivity index is 2.09. The number of hydrogen-bond acceptors (Lipinski definition) is 8. The minimum atomic E-state index is -0.886. The van der Waals surface area contributed by atoms with Gasteiger partial charge in [0.25, 0.3) is 5.91 Å². The van der Waals surface area contributed by atoms with Gasteiger partial charge in [0.2, 0.25) is 0 Å². The molecule has 9 nitrogen and oxygen atoms in total. The third-order valence-corrected chi connectivity index (χ3v) is 5.48. The van der Waals surface area contributed by atoms with E-state index in [4.69, 9.17) is 15.9 Å². The molecule has 0 aromatic heterocycles. The third kappa shape index (κ3) is 8.78. The summed E-state index contributed by atoms with van der Waals surface area (Å²) < 4.78 is 5.15. The second-order valence-corrected chi connectivity index (χ2v) is 8.40. The molecule has 0 saturated carbocycles. The highest BCUT2D eigenvalue weighted by Crippen LogP contribution is 2.21. The van der Waals surface area contributed by atoms with Crippen LogP contribution in [0.25, 0.3) is 0 Å². The first-order chi connectivity index (χ1) is 16.7. The molecular weight excluding hydrogens is 444 g/mol. The molecule has 9 heteroatoms. The molecule has 0 aliphatic rings. The van der Waals surface area contributed by atoms with Gasteiger partial charge in [0.15, 0.2) is 6.29 Å². The number of carbonyl (C=O) groups is 2. The number of hydrogen-bond donors (Lipinski definition) is 4. The van der Waals surface area contributed by atoms with Crippen molar-refractivity contribution in [3.63, 3.8) is 0 Å². The van der Waals surface area contributed by atoms with Crippen LogP contribution < -0.4 is 26.0 Å². The number of benzene rings is 2. The zero-order valence-corrected chi connectivity index (χ0v) is 20.9. The van der Waals surface area contributed by atoms with Gasteiger partial charge < -0.3 is 30.9 Å². The Bertz CT molecular complexity index is 1020. The van der Waals surface area contributed by atoms with E-state index in [2.05, 4.69) is 29.6 Å². The zero-order valence-electron chi connectivity index (χ0n) is 20.9. The van der Waals surface area contributed by atoms with E-state index in [1.54, 1.807) is 31.4 Å². The van der Waals surface area contributed by atoms with Gasteiger partial charge in [-0.2, -0.15) is 0 Å². The van der Waals surface area contributed by atoms with Crippen molar-refractivity contribution in [3.05, 3.63) is 59.8 Å². The monoisotopic (exact) mass is 480 g/mol. The van der Waals surface area contributed by atoms with E-state index in [9.17, 15) is 9.59 Å². The normalized spacial score (nSPS) is 11.5. The van der Waals surface area contributed by atoms with E-state index in [1.165, 1.54) is 0 Å². The van der Waals surface area contributed by atoms with Crippen LogP contribution in [0, 0.1) is 5.41 Å². The van der Waals surface area contributed by atoms with Crippen molar-refractivity contribution >= 4 is 35.0 Å². The highest BCUT2D eigenvalue weighted by molar-refractivity contribution is 6.44. The van der Waals surface area contributed by atoms with E-state index in [1.807, 2.05) is 36.2 Å².